The molecule has 4 heteroatoms. The monoisotopic (exact) mass is 194 g/mol. The van der Waals surface area contributed by atoms with E-state index in [0.717, 1.165) is 11.4 Å². The molecule has 0 aliphatic heterocycles. The van der Waals surface area contributed by atoms with Crippen LogP contribution in [0.2, 0.25) is 0 Å². The van der Waals surface area contributed by atoms with Gasteiger partial charge in [0.05, 0.1) is 17.1 Å². The second kappa shape index (κ2) is 4.17. The van der Waals surface area contributed by atoms with Crippen LogP contribution < -0.4 is 4.72 Å². The SMILES string of the molecule is C#Cc1cnc(C)c(N[S+](C)[O-])c1. The molecule has 13 heavy (non-hydrogen) atoms. The Hall–Kier alpha value is -1.18. The summed E-state index contributed by atoms with van der Waals surface area (Å²) in [6, 6.07) is 1.75. The third-order valence-corrected chi connectivity index (χ3v) is 2.01. The van der Waals surface area contributed by atoms with Gasteiger partial charge in [0.15, 0.2) is 0 Å². The van der Waals surface area contributed by atoms with E-state index in [-0.39, 0.29) is 0 Å². The van der Waals surface area contributed by atoms with E-state index in [4.69, 9.17) is 6.42 Å². The van der Waals surface area contributed by atoms with Gasteiger partial charge in [-0.25, -0.2) is 4.72 Å². The Morgan fingerprint density at radius 1 is 1.69 bits per heavy atom. The third kappa shape index (κ3) is 2.65. The molecule has 0 aliphatic carbocycles. The maximum Gasteiger partial charge on any atom is 0.121 e. The molecule has 68 valence electrons. The number of anilines is 1. The Balaban J connectivity index is 2.99. The highest BCUT2D eigenvalue weighted by Crippen LogP contribution is 2.14. The van der Waals surface area contributed by atoms with E-state index in [2.05, 4.69) is 15.6 Å². The van der Waals surface area contributed by atoms with Crippen LogP contribution in [0, 0.1) is 19.3 Å². The highest BCUT2D eigenvalue weighted by Gasteiger charge is 2.04. The fourth-order valence-electron chi connectivity index (χ4n) is 0.870. The molecule has 1 atom stereocenters. The van der Waals surface area contributed by atoms with Crippen LogP contribution in [0.1, 0.15) is 11.3 Å². The van der Waals surface area contributed by atoms with Gasteiger partial charge < -0.3 is 4.55 Å². The molecule has 0 bridgehead atoms. The number of rotatable bonds is 2. The summed E-state index contributed by atoms with van der Waals surface area (Å²) in [5, 5.41) is 0. The molecule has 3 nitrogen and oxygen atoms in total. The molecular weight excluding hydrogens is 184 g/mol. The minimum atomic E-state index is -1.10. The molecule has 1 unspecified atom stereocenters. The van der Waals surface area contributed by atoms with Crippen molar-refractivity contribution < 1.29 is 4.55 Å². The molecule has 0 fully saturated rings. The van der Waals surface area contributed by atoms with Crippen molar-refractivity contribution in [2.24, 2.45) is 0 Å². The lowest BCUT2D eigenvalue weighted by atomic mass is 10.2. The molecule has 0 amide bonds. The summed E-state index contributed by atoms with van der Waals surface area (Å²) in [6.45, 7) is 1.83. The average Bonchev–Trinajstić information content (AvgIpc) is 2.08. The second-order valence-corrected chi connectivity index (χ2v) is 3.67. The van der Waals surface area contributed by atoms with Gasteiger partial charge in [-0.05, 0) is 13.0 Å². The van der Waals surface area contributed by atoms with Crippen molar-refractivity contribution in [2.75, 3.05) is 11.0 Å². The predicted molar refractivity (Wildman–Crippen MR) is 54.6 cm³/mol. The van der Waals surface area contributed by atoms with E-state index < -0.39 is 11.4 Å². The van der Waals surface area contributed by atoms with E-state index in [1.54, 1.807) is 18.5 Å². The molecule has 0 spiro atoms. The first kappa shape index (κ1) is 9.90. The van der Waals surface area contributed by atoms with Gasteiger partial charge in [0.2, 0.25) is 0 Å². The van der Waals surface area contributed by atoms with E-state index in [1.165, 1.54) is 0 Å². The highest BCUT2D eigenvalue weighted by molar-refractivity contribution is 7.92. The summed E-state index contributed by atoms with van der Waals surface area (Å²) in [6.07, 6.45) is 8.37. The first-order valence-corrected chi connectivity index (χ1v) is 5.22. The molecule has 0 radical (unpaired) electrons. The minimum absolute atomic E-state index is 0.679. The van der Waals surface area contributed by atoms with Gasteiger partial charge in [-0.1, -0.05) is 5.92 Å². The number of hydrogen-bond acceptors (Lipinski definition) is 3. The number of nitrogens with one attached hydrogen (secondary N) is 1. The van der Waals surface area contributed by atoms with Gasteiger partial charge in [-0.15, -0.1) is 6.42 Å². The zero-order valence-electron chi connectivity index (χ0n) is 7.50. The molecule has 1 aromatic heterocycles. The molecule has 0 aliphatic rings. The van der Waals surface area contributed by atoms with Crippen LogP contribution in [0.4, 0.5) is 5.69 Å². The lowest BCUT2D eigenvalue weighted by molar-refractivity contribution is 0.605. The van der Waals surface area contributed by atoms with Crippen molar-refractivity contribution >= 4 is 17.0 Å². The van der Waals surface area contributed by atoms with Crippen LogP contribution in [0.5, 0.6) is 0 Å². The maximum absolute atomic E-state index is 10.9. The molecular formula is C9H10N2OS. The minimum Gasteiger partial charge on any atom is -0.593 e. The lowest BCUT2D eigenvalue weighted by Crippen LogP contribution is -2.11. The van der Waals surface area contributed by atoms with Crippen molar-refractivity contribution in [3.8, 4) is 12.3 Å². The Labute approximate surface area is 80.9 Å². The maximum atomic E-state index is 10.9. The van der Waals surface area contributed by atoms with Crippen molar-refractivity contribution in [2.45, 2.75) is 6.92 Å². The summed E-state index contributed by atoms with van der Waals surface area (Å²) in [5.41, 5.74) is 2.18. The van der Waals surface area contributed by atoms with E-state index in [1.807, 2.05) is 6.92 Å². The predicted octanol–water partition coefficient (Wildman–Crippen LogP) is 1.08. The molecule has 0 saturated carbocycles. The van der Waals surface area contributed by atoms with Crippen molar-refractivity contribution in [3.63, 3.8) is 0 Å². The van der Waals surface area contributed by atoms with Crippen LogP contribution in [0.15, 0.2) is 12.3 Å². The van der Waals surface area contributed by atoms with E-state index >= 15 is 0 Å². The van der Waals surface area contributed by atoms with Crippen LogP contribution in [0.3, 0.4) is 0 Å². The first-order valence-electron chi connectivity index (χ1n) is 3.67. The average molecular weight is 194 g/mol. The van der Waals surface area contributed by atoms with Gasteiger partial charge in [0.25, 0.3) is 0 Å². The fraction of sp³-hybridized carbons (Fsp3) is 0.222. The molecule has 1 heterocycles. The molecule has 1 N–H and O–H groups in total. The van der Waals surface area contributed by atoms with Crippen molar-refractivity contribution in [3.05, 3.63) is 23.5 Å². The van der Waals surface area contributed by atoms with Gasteiger partial charge in [0, 0.05) is 11.8 Å². The first-order chi connectivity index (χ1) is 6.13. The van der Waals surface area contributed by atoms with Gasteiger partial charge in [-0.2, -0.15) is 0 Å². The van der Waals surface area contributed by atoms with E-state index in [0.29, 0.717) is 5.56 Å². The topological polar surface area (TPSA) is 48.0 Å². The number of terminal acetylenes is 1. The van der Waals surface area contributed by atoms with Crippen molar-refractivity contribution in [1.29, 1.82) is 0 Å². The Morgan fingerprint density at radius 3 is 2.92 bits per heavy atom. The second-order valence-electron chi connectivity index (χ2n) is 2.56. The molecule has 0 aromatic carbocycles. The normalized spacial score (nSPS) is 11.8. The zero-order valence-corrected chi connectivity index (χ0v) is 8.31. The lowest BCUT2D eigenvalue weighted by Gasteiger charge is -2.08. The Morgan fingerprint density at radius 2 is 2.38 bits per heavy atom. The van der Waals surface area contributed by atoms with Crippen LogP contribution in [-0.4, -0.2) is 15.8 Å². The molecule has 1 rings (SSSR count). The number of pyridine rings is 1. The van der Waals surface area contributed by atoms with Gasteiger partial charge in [-0.3, -0.25) is 4.98 Å². The number of hydrogen-bond donors (Lipinski definition) is 1. The summed E-state index contributed by atoms with van der Waals surface area (Å²) in [4.78, 5) is 4.06. The summed E-state index contributed by atoms with van der Waals surface area (Å²) < 4.78 is 13.6. The highest BCUT2D eigenvalue weighted by atomic mass is 32.2. The number of aryl methyl sites for hydroxylation is 1. The van der Waals surface area contributed by atoms with Gasteiger partial charge in [0.1, 0.15) is 11.9 Å². The van der Waals surface area contributed by atoms with Crippen LogP contribution >= 0.6 is 0 Å². The fourth-order valence-corrected chi connectivity index (χ4v) is 1.39. The Bertz CT molecular complexity index is 344. The smallest absolute Gasteiger partial charge is 0.121 e. The number of nitrogens with zero attached hydrogens (tertiary/aromatic N) is 1. The summed E-state index contributed by atoms with van der Waals surface area (Å²) >= 11 is -1.10. The zero-order chi connectivity index (χ0) is 9.84. The van der Waals surface area contributed by atoms with E-state index in [9.17, 15) is 4.55 Å². The standard InChI is InChI=1S/C9H10N2OS/c1-4-8-5-9(11-13(3)12)7(2)10-6-8/h1,5-6,11H,2-3H3. The number of aromatic nitrogens is 1. The van der Waals surface area contributed by atoms with Crippen LogP contribution in [-0.2, 0) is 11.4 Å². The quantitative estimate of drug-likeness (QED) is 0.566. The van der Waals surface area contributed by atoms with Crippen molar-refractivity contribution in [1.82, 2.24) is 4.98 Å². The largest absolute Gasteiger partial charge is 0.593 e. The third-order valence-electron chi connectivity index (χ3n) is 1.51. The molecule has 0 saturated heterocycles. The van der Waals surface area contributed by atoms with Crippen LogP contribution in [0.25, 0.3) is 0 Å². The summed E-state index contributed by atoms with van der Waals surface area (Å²) in [5.74, 6) is 2.47. The molecule has 1 aromatic rings. The van der Waals surface area contributed by atoms with Gasteiger partial charge >= 0.3 is 0 Å². The summed E-state index contributed by atoms with van der Waals surface area (Å²) in [7, 11) is 0. The Kier molecular flexibility index (Phi) is 3.18.